The van der Waals surface area contributed by atoms with E-state index < -0.39 is 4.92 Å². The summed E-state index contributed by atoms with van der Waals surface area (Å²) in [5.41, 5.74) is 5.17. The van der Waals surface area contributed by atoms with Crippen LogP contribution in [0.3, 0.4) is 0 Å². The van der Waals surface area contributed by atoms with E-state index in [4.69, 9.17) is 10.1 Å². The molecule has 2 aromatic rings. The molecule has 0 bridgehead atoms. The number of nitro groups is 1. The molecule has 3 rings (SSSR count). The first-order valence-electron chi connectivity index (χ1n) is 8.79. The summed E-state index contributed by atoms with van der Waals surface area (Å²) in [7, 11) is 6.94. The zero-order valence-electron chi connectivity index (χ0n) is 17.3. The number of aromatic nitrogens is 2. The van der Waals surface area contributed by atoms with Crippen molar-refractivity contribution in [2.75, 3.05) is 21.1 Å². The van der Waals surface area contributed by atoms with Crippen molar-refractivity contribution in [3.05, 3.63) is 67.2 Å². The Morgan fingerprint density at radius 2 is 1.74 bits per heavy atom. The molecule has 0 N–H and O–H groups in total. The first-order chi connectivity index (χ1) is 12.6. The predicted molar refractivity (Wildman–Crippen MR) is 111 cm³/mol. The van der Waals surface area contributed by atoms with Gasteiger partial charge >= 0.3 is 108 Å². The van der Waals surface area contributed by atoms with Gasteiger partial charge in [-0.05, 0) is 6.42 Å². The van der Waals surface area contributed by atoms with E-state index in [1.165, 1.54) is 5.46 Å². The van der Waals surface area contributed by atoms with Gasteiger partial charge in [0.25, 0.3) is 0 Å². The molecule has 2 aromatic heterocycles. The summed E-state index contributed by atoms with van der Waals surface area (Å²) in [4.78, 5) is 22.8. The van der Waals surface area contributed by atoms with Gasteiger partial charge in [0.05, 0.1) is 0 Å². The van der Waals surface area contributed by atoms with Crippen molar-refractivity contribution in [2.24, 2.45) is 7.05 Å². The monoisotopic (exact) mass is 372 g/mol. The van der Waals surface area contributed by atoms with E-state index in [0.717, 1.165) is 42.5 Å². The molecule has 27 heavy (non-hydrogen) atoms. The van der Waals surface area contributed by atoms with Crippen LogP contribution in [0.5, 0.6) is 0 Å². The Balaban J connectivity index is 0.000000333. The van der Waals surface area contributed by atoms with Crippen LogP contribution >= 0.6 is 0 Å². The minimum absolute atomic E-state index is 0.102. The normalized spacial score (nSPS) is 11.9. The van der Waals surface area contributed by atoms with Gasteiger partial charge in [-0.3, -0.25) is 10.1 Å². The van der Waals surface area contributed by atoms with Crippen molar-refractivity contribution in [1.29, 1.82) is 0 Å². The van der Waals surface area contributed by atoms with Crippen molar-refractivity contribution >= 4 is 12.5 Å². The topological polar surface area (TPSA) is 72.8 Å². The summed E-state index contributed by atoms with van der Waals surface area (Å²) in [6.07, 6.45) is 9.50. The van der Waals surface area contributed by atoms with Gasteiger partial charge in [0, 0.05) is 4.92 Å². The second-order valence-electron chi connectivity index (χ2n) is 6.81. The molecule has 0 spiro atoms. The average molecular weight is 372 g/mol. The Kier molecular flexibility index (Phi) is 8.37. The maximum absolute atomic E-state index is 12.4. The van der Waals surface area contributed by atoms with E-state index >= 15 is 0 Å². The molecule has 0 unspecified atom stereocenters. The van der Waals surface area contributed by atoms with Crippen LogP contribution < -0.4 is 5.56 Å². The van der Waals surface area contributed by atoms with Crippen LogP contribution in [0.15, 0.2) is 29.1 Å². The minimum atomic E-state index is -0.500. The molecule has 7 nitrogen and oxygen atoms in total. The van der Waals surface area contributed by atoms with Crippen molar-refractivity contribution in [1.82, 2.24) is 13.9 Å². The molecule has 0 amide bonds. The van der Waals surface area contributed by atoms with Gasteiger partial charge in [-0.25, -0.2) is 0 Å². The standard InChI is InChI=1S/C13H20BN3O.C5H6.CH3NO2/c1-8-10(3)16(6)13-14-9(2)11(7-15(4)5)17(13)12(8)18;1-2-4-5-3-1;1-2(3)4/h7H2,1-6H3;1-4H,5H2;1H3. The van der Waals surface area contributed by atoms with Gasteiger partial charge in [0.15, 0.2) is 7.05 Å². The third kappa shape index (κ3) is 6.03. The van der Waals surface area contributed by atoms with Crippen LogP contribution in [0, 0.1) is 30.9 Å². The average Bonchev–Trinajstić information content (AvgIpc) is 3.23. The predicted octanol–water partition coefficient (Wildman–Crippen LogP) is 2.36. The second-order valence-corrected chi connectivity index (χ2v) is 6.81. The number of hydrogen-bond acceptors (Lipinski definition) is 4. The first kappa shape index (κ1) is 22.6. The van der Waals surface area contributed by atoms with Crippen LogP contribution in [0.1, 0.15) is 28.8 Å². The van der Waals surface area contributed by atoms with Crippen LogP contribution in [-0.4, -0.2) is 46.8 Å². The number of aryl methyl sites for hydroxylation is 2. The second kappa shape index (κ2) is 10.0. The Morgan fingerprint density at radius 3 is 2.15 bits per heavy atom. The van der Waals surface area contributed by atoms with E-state index in [0.29, 0.717) is 0 Å². The molecule has 0 saturated carbocycles. The van der Waals surface area contributed by atoms with Crippen LogP contribution in [0.2, 0.25) is 0 Å². The number of fused-ring (bicyclic) bond motifs is 1. The van der Waals surface area contributed by atoms with Crippen LogP contribution in [-0.2, 0) is 13.6 Å². The fourth-order valence-electron chi connectivity index (χ4n) is 2.76. The van der Waals surface area contributed by atoms with E-state index in [1.54, 1.807) is 0 Å². The van der Waals surface area contributed by atoms with E-state index in [1.807, 2.05) is 39.4 Å². The maximum atomic E-state index is 12.4. The van der Waals surface area contributed by atoms with Gasteiger partial charge in [-0.15, -0.1) is 0 Å². The Labute approximate surface area is 161 Å². The summed E-state index contributed by atoms with van der Waals surface area (Å²) < 4.78 is 3.93. The van der Waals surface area contributed by atoms with Gasteiger partial charge in [0.1, 0.15) is 0 Å². The van der Waals surface area contributed by atoms with Crippen molar-refractivity contribution in [3.63, 3.8) is 0 Å². The summed E-state index contributed by atoms with van der Waals surface area (Å²) in [5, 5.41) is 8.81. The van der Waals surface area contributed by atoms with E-state index in [2.05, 4.69) is 47.6 Å². The van der Waals surface area contributed by atoms with Gasteiger partial charge in [-0.2, -0.15) is 0 Å². The summed E-state index contributed by atoms with van der Waals surface area (Å²) in [6, 6.07) is 0. The molecule has 0 aromatic carbocycles. The number of nitrogens with zero attached hydrogens (tertiary/aromatic N) is 4. The molecule has 146 valence electrons. The first-order valence-corrected chi connectivity index (χ1v) is 8.79. The number of rotatable bonds is 2. The van der Waals surface area contributed by atoms with Gasteiger partial charge < -0.3 is 0 Å². The summed E-state index contributed by atoms with van der Waals surface area (Å²) in [5.74, 6) is 0. The fraction of sp³-hybridized carbons (Fsp3) is 0.474. The molecule has 0 saturated heterocycles. The zero-order chi connectivity index (χ0) is 20.7. The van der Waals surface area contributed by atoms with E-state index in [9.17, 15) is 4.79 Å². The van der Waals surface area contributed by atoms with Gasteiger partial charge in [-0.1, -0.05) is 24.3 Å². The third-order valence-corrected chi connectivity index (χ3v) is 4.33. The molecule has 8 heteroatoms. The Morgan fingerprint density at radius 1 is 1.22 bits per heavy atom. The van der Waals surface area contributed by atoms with E-state index in [-0.39, 0.29) is 5.56 Å². The summed E-state index contributed by atoms with van der Waals surface area (Å²) >= 11 is 0. The molecule has 0 radical (unpaired) electrons. The number of hydrogen-bond donors (Lipinski definition) is 0. The van der Waals surface area contributed by atoms with Crippen molar-refractivity contribution < 1.29 is 4.92 Å². The molecule has 1 aliphatic rings. The molecule has 0 fully saturated rings. The third-order valence-electron chi connectivity index (χ3n) is 4.33. The molecule has 1 aliphatic carbocycles. The molecular formula is C19H29BN4O3. The fourth-order valence-corrected chi connectivity index (χ4v) is 2.76. The Hall–Kier alpha value is -2.48. The van der Waals surface area contributed by atoms with Crippen LogP contribution in [0.4, 0.5) is 0 Å². The zero-order valence-corrected chi connectivity index (χ0v) is 17.3. The molecule has 0 aliphatic heterocycles. The molecular weight excluding hydrogens is 343 g/mol. The van der Waals surface area contributed by atoms with Gasteiger partial charge in [0.2, 0.25) is 0 Å². The molecule has 0 atom stereocenters. The van der Waals surface area contributed by atoms with Crippen molar-refractivity contribution in [2.45, 2.75) is 33.7 Å². The van der Waals surface area contributed by atoms with Crippen LogP contribution in [0.25, 0.3) is 5.54 Å². The quantitative estimate of drug-likeness (QED) is 0.599. The Bertz CT molecular complexity index is 909. The SMILES string of the molecule is C1=CCC=C1.C[N+](=O)[O-].Cc1bc2n(C)c(C)c(C)c(=O)n2c1CN(C)C. The summed E-state index contributed by atoms with van der Waals surface area (Å²) in [6.45, 7) is 8.82. The number of allylic oxidation sites excluding steroid dienone is 4. The molecule has 2 heterocycles. The van der Waals surface area contributed by atoms with Crippen molar-refractivity contribution in [3.8, 4) is 0 Å².